The van der Waals surface area contributed by atoms with Gasteiger partial charge in [0.05, 0.1) is 5.69 Å². The highest BCUT2D eigenvalue weighted by Crippen LogP contribution is 2.43. The van der Waals surface area contributed by atoms with E-state index in [-0.39, 0.29) is 0 Å². The Hall–Kier alpha value is -6.64. The van der Waals surface area contributed by atoms with Gasteiger partial charge in [-0.1, -0.05) is 152 Å². The molecule has 0 unspecified atom stereocenters. The predicted molar refractivity (Wildman–Crippen MR) is 210 cm³/mol. The van der Waals surface area contributed by atoms with Crippen LogP contribution in [0.4, 0.5) is 17.1 Å². The van der Waals surface area contributed by atoms with Gasteiger partial charge in [-0.15, -0.1) is 0 Å². The Morgan fingerprint density at radius 3 is 1.68 bits per heavy atom. The summed E-state index contributed by atoms with van der Waals surface area (Å²) in [4.78, 5) is 2.37. The van der Waals surface area contributed by atoms with Crippen LogP contribution >= 0.6 is 0 Å². The zero-order chi connectivity index (χ0) is 33.3. The van der Waals surface area contributed by atoms with Gasteiger partial charge in [-0.05, 0) is 87.1 Å². The first-order valence-corrected chi connectivity index (χ1v) is 17.0. The summed E-state index contributed by atoms with van der Waals surface area (Å²) in [5.41, 5.74) is 12.2. The highest BCUT2D eigenvalue weighted by molar-refractivity contribution is 5.94. The summed E-state index contributed by atoms with van der Waals surface area (Å²) in [6.07, 6.45) is 0. The second-order valence-corrected chi connectivity index (χ2v) is 12.6. The standard InChI is InChI=1S/C48H33NO/c1-3-14-36(15-4-1)43-30-26-39(32-45(43)48-33-40-19-9-12-22-47(40)50-48)35-23-27-41(28-24-35)49(42-29-25-34-13-7-8-18-38(34)31-42)46-21-11-10-20-44(46)37-16-5-2-6-17-37/h1-33H. The van der Waals surface area contributed by atoms with Crippen molar-refractivity contribution in [1.82, 2.24) is 0 Å². The molecule has 0 aliphatic heterocycles. The molecule has 0 N–H and O–H groups in total. The Morgan fingerprint density at radius 1 is 0.320 bits per heavy atom. The van der Waals surface area contributed by atoms with Crippen molar-refractivity contribution in [1.29, 1.82) is 0 Å². The van der Waals surface area contributed by atoms with Crippen molar-refractivity contribution in [2.24, 2.45) is 0 Å². The van der Waals surface area contributed by atoms with E-state index >= 15 is 0 Å². The van der Waals surface area contributed by atoms with Crippen LogP contribution in [-0.2, 0) is 0 Å². The van der Waals surface area contributed by atoms with E-state index in [1.165, 1.54) is 21.9 Å². The lowest BCUT2D eigenvalue weighted by Gasteiger charge is -2.28. The summed E-state index contributed by atoms with van der Waals surface area (Å²) >= 11 is 0. The van der Waals surface area contributed by atoms with Crippen LogP contribution in [0, 0.1) is 0 Å². The van der Waals surface area contributed by atoms with Gasteiger partial charge in [0.25, 0.3) is 0 Å². The smallest absolute Gasteiger partial charge is 0.136 e. The second-order valence-electron chi connectivity index (χ2n) is 12.6. The Balaban J connectivity index is 1.16. The Labute approximate surface area is 292 Å². The Morgan fingerprint density at radius 2 is 0.920 bits per heavy atom. The average molecular weight is 640 g/mol. The highest BCUT2D eigenvalue weighted by atomic mass is 16.3. The zero-order valence-corrected chi connectivity index (χ0v) is 27.4. The number of hydrogen-bond acceptors (Lipinski definition) is 2. The van der Waals surface area contributed by atoms with Crippen molar-refractivity contribution in [2.45, 2.75) is 0 Å². The number of furan rings is 1. The molecule has 1 heterocycles. The summed E-state index contributed by atoms with van der Waals surface area (Å²) in [7, 11) is 0. The van der Waals surface area contributed by atoms with Crippen LogP contribution < -0.4 is 4.90 Å². The summed E-state index contributed by atoms with van der Waals surface area (Å²) in [6, 6.07) is 71.1. The van der Waals surface area contributed by atoms with Crippen molar-refractivity contribution >= 4 is 38.8 Å². The minimum absolute atomic E-state index is 0.864. The summed E-state index contributed by atoms with van der Waals surface area (Å²) in [5, 5.41) is 3.53. The number of fused-ring (bicyclic) bond motifs is 2. The first-order valence-electron chi connectivity index (χ1n) is 17.0. The van der Waals surface area contributed by atoms with Crippen LogP contribution in [0.2, 0.25) is 0 Å². The molecule has 9 aromatic rings. The minimum Gasteiger partial charge on any atom is -0.456 e. The van der Waals surface area contributed by atoms with Crippen LogP contribution in [-0.4, -0.2) is 0 Å². The van der Waals surface area contributed by atoms with Gasteiger partial charge in [0.2, 0.25) is 0 Å². The van der Waals surface area contributed by atoms with Crippen LogP contribution in [0.1, 0.15) is 0 Å². The first kappa shape index (κ1) is 29.5. The van der Waals surface area contributed by atoms with E-state index in [0.717, 1.165) is 61.6 Å². The van der Waals surface area contributed by atoms with E-state index in [2.05, 4.69) is 193 Å². The Kier molecular flexibility index (Phi) is 7.53. The van der Waals surface area contributed by atoms with Gasteiger partial charge in [0, 0.05) is 27.9 Å². The van der Waals surface area contributed by atoms with Crippen molar-refractivity contribution in [3.8, 4) is 44.7 Å². The molecule has 0 atom stereocenters. The third-order valence-corrected chi connectivity index (χ3v) is 9.48. The van der Waals surface area contributed by atoms with Crippen molar-refractivity contribution in [3.05, 3.63) is 200 Å². The third-order valence-electron chi connectivity index (χ3n) is 9.48. The number of para-hydroxylation sites is 2. The molecular weight excluding hydrogens is 607 g/mol. The number of hydrogen-bond donors (Lipinski definition) is 0. The molecule has 0 bridgehead atoms. The van der Waals surface area contributed by atoms with Gasteiger partial charge in [0.15, 0.2) is 0 Å². The first-order chi connectivity index (χ1) is 24.8. The van der Waals surface area contributed by atoms with Gasteiger partial charge in [0.1, 0.15) is 11.3 Å². The molecule has 0 saturated heterocycles. The van der Waals surface area contributed by atoms with Crippen molar-refractivity contribution in [2.75, 3.05) is 4.90 Å². The molecule has 9 rings (SSSR count). The molecule has 0 aliphatic carbocycles. The average Bonchev–Trinajstić information content (AvgIpc) is 3.64. The fraction of sp³-hybridized carbons (Fsp3) is 0. The predicted octanol–water partition coefficient (Wildman–Crippen LogP) is 13.7. The fourth-order valence-electron chi connectivity index (χ4n) is 6.99. The molecule has 0 amide bonds. The van der Waals surface area contributed by atoms with E-state index < -0.39 is 0 Å². The molecule has 2 nitrogen and oxygen atoms in total. The van der Waals surface area contributed by atoms with Crippen molar-refractivity contribution < 1.29 is 4.42 Å². The quantitative estimate of drug-likeness (QED) is 0.173. The van der Waals surface area contributed by atoms with E-state index in [4.69, 9.17) is 4.42 Å². The lowest BCUT2D eigenvalue weighted by Crippen LogP contribution is -2.11. The van der Waals surface area contributed by atoms with Gasteiger partial charge in [-0.2, -0.15) is 0 Å². The lowest BCUT2D eigenvalue weighted by molar-refractivity contribution is 0.632. The van der Waals surface area contributed by atoms with Crippen LogP contribution in [0.3, 0.4) is 0 Å². The SMILES string of the molecule is c1ccc(-c2ccc(-c3ccc(N(c4ccc5ccccc5c4)c4ccccc4-c4ccccc4)cc3)cc2-c2cc3ccccc3o2)cc1. The van der Waals surface area contributed by atoms with Gasteiger partial charge >= 0.3 is 0 Å². The molecule has 1 aromatic heterocycles. The zero-order valence-electron chi connectivity index (χ0n) is 27.4. The summed E-state index contributed by atoms with van der Waals surface area (Å²) < 4.78 is 6.43. The molecule has 0 aliphatic rings. The molecule has 0 fully saturated rings. The van der Waals surface area contributed by atoms with Crippen LogP contribution in [0.15, 0.2) is 205 Å². The van der Waals surface area contributed by atoms with E-state index in [1.807, 2.05) is 12.1 Å². The normalized spacial score (nSPS) is 11.2. The molecule has 0 saturated carbocycles. The lowest BCUT2D eigenvalue weighted by atomic mass is 9.93. The molecule has 0 spiro atoms. The van der Waals surface area contributed by atoms with Gasteiger partial charge in [-0.3, -0.25) is 0 Å². The molecule has 0 radical (unpaired) electrons. The molecule has 50 heavy (non-hydrogen) atoms. The number of nitrogens with zero attached hydrogens (tertiary/aromatic N) is 1. The molecule has 2 heteroatoms. The maximum atomic E-state index is 6.43. The van der Waals surface area contributed by atoms with Gasteiger partial charge in [-0.25, -0.2) is 0 Å². The monoisotopic (exact) mass is 639 g/mol. The van der Waals surface area contributed by atoms with Crippen molar-refractivity contribution in [3.63, 3.8) is 0 Å². The highest BCUT2D eigenvalue weighted by Gasteiger charge is 2.18. The molecular formula is C48H33NO. The Bertz CT molecular complexity index is 2550. The number of anilines is 3. The third kappa shape index (κ3) is 5.53. The minimum atomic E-state index is 0.864. The van der Waals surface area contributed by atoms with E-state index in [9.17, 15) is 0 Å². The molecule has 236 valence electrons. The summed E-state index contributed by atoms with van der Waals surface area (Å²) in [5.74, 6) is 0.864. The summed E-state index contributed by atoms with van der Waals surface area (Å²) in [6.45, 7) is 0. The largest absolute Gasteiger partial charge is 0.456 e. The molecule has 8 aromatic carbocycles. The van der Waals surface area contributed by atoms with Gasteiger partial charge < -0.3 is 9.32 Å². The second kappa shape index (κ2) is 12.8. The maximum Gasteiger partial charge on any atom is 0.136 e. The maximum absolute atomic E-state index is 6.43. The van der Waals surface area contributed by atoms with Crippen LogP contribution in [0.25, 0.3) is 66.4 Å². The number of rotatable bonds is 7. The van der Waals surface area contributed by atoms with E-state index in [1.54, 1.807) is 0 Å². The van der Waals surface area contributed by atoms with Crippen LogP contribution in [0.5, 0.6) is 0 Å². The fourth-order valence-corrected chi connectivity index (χ4v) is 6.99. The number of benzene rings is 8. The van der Waals surface area contributed by atoms with E-state index in [0.29, 0.717) is 0 Å². The topological polar surface area (TPSA) is 16.4 Å².